The molecule has 0 radical (unpaired) electrons. The molecule has 0 saturated heterocycles. The van der Waals surface area contributed by atoms with Gasteiger partial charge in [-0.2, -0.15) is 0 Å². The highest BCUT2D eigenvalue weighted by Crippen LogP contribution is 2.32. The lowest BCUT2D eigenvalue weighted by atomic mass is 10.2. The number of benzene rings is 1. The molecule has 1 aromatic carbocycles. The minimum absolute atomic E-state index is 0.0723. The number of aliphatic hydroxyl groups excluding tert-OH is 1. The summed E-state index contributed by atoms with van der Waals surface area (Å²) in [5, 5.41) is 14.0. The van der Waals surface area contributed by atoms with Crippen LogP contribution in [0, 0.1) is 0 Å². The monoisotopic (exact) mass is 335 g/mol. The summed E-state index contributed by atoms with van der Waals surface area (Å²) >= 11 is 12.2. The number of hydrogen-bond donors (Lipinski definition) is 2. The summed E-state index contributed by atoms with van der Waals surface area (Å²) in [6, 6.07) is 3.44. The van der Waals surface area contributed by atoms with Crippen LogP contribution in [0.1, 0.15) is 26.3 Å². The van der Waals surface area contributed by atoms with Crippen molar-refractivity contribution >= 4 is 23.2 Å². The number of halogens is 2. The van der Waals surface area contributed by atoms with Gasteiger partial charge in [-0.3, -0.25) is 0 Å². The number of hydrogen-bond acceptors (Lipinski definition) is 4. The Balaban J connectivity index is 2.68. The average molecular weight is 336 g/mol. The first kappa shape index (κ1) is 18.5. The lowest BCUT2D eigenvalue weighted by Gasteiger charge is -2.17. The van der Waals surface area contributed by atoms with Crippen molar-refractivity contribution in [1.82, 2.24) is 5.32 Å². The van der Waals surface area contributed by atoms with E-state index >= 15 is 0 Å². The van der Waals surface area contributed by atoms with Crippen LogP contribution in [0.3, 0.4) is 0 Å². The molecule has 6 heteroatoms. The van der Waals surface area contributed by atoms with Gasteiger partial charge in [0.05, 0.1) is 17.7 Å². The molecule has 4 nitrogen and oxygen atoms in total. The molecule has 1 rings (SSSR count). The van der Waals surface area contributed by atoms with Gasteiger partial charge in [-0.25, -0.2) is 0 Å². The molecule has 0 aromatic heterocycles. The first-order valence-electron chi connectivity index (χ1n) is 7.05. The number of aliphatic hydroxyl groups is 1. The third-order valence-electron chi connectivity index (χ3n) is 2.69. The fourth-order valence-electron chi connectivity index (χ4n) is 1.70. The largest absolute Gasteiger partial charge is 0.489 e. The third-order valence-corrected chi connectivity index (χ3v) is 3.19. The summed E-state index contributed by atoms with van der Waals surface area (Å²) in [6.45, 7) is 7.62. The maximum atomic E-state index is 9.84. The molecule has 0 spiro atoms. The normalized spacial score (nSPS) is 12.7. The highest BCUT2D eigenvalue weighted by Gasteiger charge is 2.13. The van der Waals surface area contributed by atoms with Crippen molar-refractivity contribution in [2.24, 2.45) is 0 Å². The first-order chi connectivity index (χ1) is 9.93. The fraction of sp³-hybridized carbons (Fsp3) is 0.600. The Morgan fingerprint density at radius 1 is 1.24 bits per heavy atom. The molecule has 2 N–H and O–H groups in total. The lowest BCUT2D eigenvalue weighted by Crippen LogP contribution is -2.25. The summed E-state index contributed by atoms with van der Waals surface area (Å²) in [5.41, 5.74) is 0.867. The van der Waals surface area contributed by atoms with Gasteiger partial charge in [0.1, 0.15) is 18.5 Å². The SMILES string of the molecule is CCNCc1cc(Cl)cc(Cl)c1OCC(O)COC(C)C. The number of ether oxygens (including phenoxy) is 2. The Labute approximate surface area is 136 Å². The van der Waals surface area contributed by atoms with Crippen LogP contribution in [0.5, 0.6) is 5.75 Å². The van der Waals surface area contributed by atoms with Crippen LogP contribution in [0.15, 0.2) is 12.1 Å². The van der Waals surface area contributed by atoms with Crippen LogP contribution in [0.2, 0.25) is 10.0 Å². The van der Waals surface area contributed by atoms with Gasteiger partial charge < -0.3 is 19.9 Å². The van der Waals surface area contributed by atoms with E-state index in [0.717, 1.165) is 12.1 Å². The lowest BCUT2D eigenvalue weighted by molar-refractivity contribution is -0.0124. The van der Waals surface area contributed by atoms with Gasteiger partial charge in [0.2, 0.25) is 0 Å². The van der Waals surface area contributed by atoms with Crippen LogP contribution in [0.4, 0.5) is 0 Å². The van der Waals surface area contributed by atoms with E-state index in [-0.39, 0.29) is 19.3 Å². The van der Waals surface area contributed by atoms with Crippen molar-refractivity contribution in [3.63, 3.8) is 0 Å². The summed E-state index contributed by atoms with van der Waals surface area (Å²) < 4.78 is 11.0. The van der Waals surface area contributed by atoms with E-state index in [0.29, 0.717) is 22.3 Å². The Morgan fingerprint density at radius 3 is 2.57 bits per heavy atom. The quantitative estimate of drug-likeness (QED) is 0.727. The Hall–Kier alpha value is -0.520. The summed E-state index contributed by atoms with van der Waals surface area (Å²) in [7, 11) is 0. The molecule has 0 aliphatic rings. The second kappa shape index (κ2) is 9.49. The zero-order valence-electron chi connectivity index (χ0n) is 12.7. The van der Waals surface area contributed by atoms with Crippen LogP contribution in [-0.2, 0) is 11.3 Å². The molecular weight excluding hydrogens is 313 g/mol. The summed E-state index contributed by atoms with van der Waals surface area (Å²) in [5.74, 6) is 0.547. The summed E-state index contributed by atoms with van der Waals surface area (Å²) in [6.07, 6.45) is -0.630. The van der Waals surface area contributed by atoms with Crippen molar-refractivity contribution in [2.75, 3.05) is 19.8 Å². The number of nitrogens with one attached hydrogen (secondary N) is 1. The van der Waals surface area contributed by atoms with E-state index < -0.39 is 6.10 Å². The van der Waals surface area contributed by atoms with Gasteiger partial charge in [-0.15, -0.1) is 0 Å². The second-order valence-corrected chi connectivity index (χ2v) is 5.85. The molecule has 1 atom stereocenters. The van der Waals surface area contributed by atoms with Gasteiger partial charge in [-0.05, 0) is 32.5 Å². The molecule has 0 aliphatic carbocycles. The molecule has 1 aromatic rings. The molecule has 0 saturated carbocycles. The Kier molecular flexibility index (Phi) is 8.37. The van der Waals surface area contributed by atoms with E-state index in [9.17, 15) is 5.11 Å². The van der Waals surface area contributed by atoms with Gasteiger partial charge in [-0.1, -0.05) is 30.1 Å². The molecule has 1 unspecified atom stereocenters. The first-order valence-corrected chi connectivity index (χ1v) is 7.80. The van der Waals surface area contributed by atoms with Crippen LogP contribution in [-0.4, -0.2) is 37.1 Å². The van der Waals surface area contributed by atoms with E-state index in [4.69, 9.17) is 32.7 Å². The van der Waals surface area contributed by atoms with E-state index in [1.807, 2.05) is 26.8 Å². The number of rotatable bonds is 9. The third kappa shape index (κ3) is 6.85. The maximum Gasteiger partial charge on any atom is 0.142 e. The van der Waals surface area contributed by atoms with Crippen molar-refractivity contribution in [3.05, 3.63) is 27.7 Å². The van der Waals surface area contributed by atoms with Gasteiger partial charge >= 0.3 is 0 Å². The van der Waals surface area contributed by atoms with Crippen molar-refractivity contribution in [3.8, 4) is 5.75 Å². The predicted octanol–water partition coefficient (Wildman–Crippen LogP) is 3.27. The Bertz CT molecular complexity index is 441. The maximum absolute atomic E-state index is 9.84. The van der Waals surface area contributed by atoms with Crippen molar-refractivity contribution < 1.29 is 14.6 Å². The van der Waals surface area contributed by atoms with E-state index in [1.54, 1.807) is 6.07 Å². The van der Waals surface area contributed by atoms with Gasteiger partial charge in [0.15, 0.2) is 0 Å². The molecule has 0 heterocycles. The van der Waals surface area contributed by atoms with Gasteiger partial charge in [0, 0.05) is 17.1 Å². The molecular formula is C15H23Cl2NO3. The Morgan fingerprint density at radius 2 is 1.95 bits per heavy atom. The zero-order chi connectivity index (χ0) is 15.8. The van der Waals surface area contributed by atoms with Crippen molar-refractivity contribution in [2.45, 2.75) is 39.5 Å². The minimum Gasteiger partial charge on any atom is -0.489 e. The molecule has 0 bridgehead atoms. The summed E-state index contributed by atoms with van der Waals surface area (Å²) in [4.78, 5) is 0. The van der Waals surface area contributed by atoms with Crippen LogP contribution >= 0.6 is 23.2 Å². The van der Waals surface area contributed by atoms with Gasteiger partial charge in [0.25, 0.3) is 0 Å². The van der Waals surface area contributed by atoms with E-state index in [1.165, 1.54) is 0 Å². The van der Waals surface area contributed by atoms with Crippen molar-refractivity contribution in [1.29, 1.82) is 0 Å². The smallest absolute Gasteiger partial charge is 0.142 e. The minimum atomic E-state index is -0.703. The molecule has 0 amide bonds. The highest BCUT2D eigenvalue weighted by molar-refractivity contribution is 6.35. The van der Waals surface area contributed by atoms with Crippen LogP contribution in [0.25, 0.3) is 0 Å². The molecule has 21 heavy (non-hydrogen) atoms. The second-order valence-electron chi connectivity index (χ2n) is 5.00. The molecule has 120 valence electrons. The highest BCUT2D eigenvalue weighted by atomic mass is 35.5. The molecule has 0 aliphatic heterocycles. The van der Waals surface area contributed by atoms with Crippen LogP contribution < -0.4 is 10.1 Å². The topological polar surface area (TPSA) is 50.7 Å². The molecule has 0 fully saturated rings. The zero-order valence-corrected chi connectivity index (χ0v) is 14.2. The fourth-order valence-corrected chi connectivity index (χ4v) is 2.29. The predicted molar refractivity (Wildman–Crippen MR) is 86.4 cm³/mol. The average Bonchev–Trinajstić information content (AvgIpc) is 2.41. The van der Waals surface area contributed by atoms with E-state index in [2.05, 4.69) is 5.32 Å². The standard InChI is InChI=1S/C15H23Cl2NO3/c1-4-18-7-11-5-12(16)6-14(17)15(11)21-9-13(19)8-20-10(2)3/h5-6,10,13,18-19H,4,7-9H2,1-3H3.